The summed E-state index contributed by atoms with van der Waals surface area (Å²) in [5.41, 5.74) is 8.54. The molecule has 0 spiro atoms. The molecule has 0 radical (unpaired) electrons. The number of nitrogens with zero attached hydrogens (tertiary/aromatic N) is 2. The van der Waals surface area contributed by atoms with Crippen molar-refractivity contribution in [3.63, 3.8) is 0 Å². The Hall–Kier alpha value is -3.49. The third-order valence-electron chi connectivity index (χ3n) is 7.56. The minimum Gasteiger partial charge on any atom is -0.326 e. The third kappa shape index (κ3) is 3.39. The van der Waals surface area contributed by atoms with E-state index in [0.717, 1.165) is 66.6 Å². The maximum atomic E-state index is 13.8. The van der Waals surface area contributed by atoms with Gasteiger partial charge in [0, 0.05) is 22.6 Å². The van der Waals surface area contributed by atoms with Gasteiger partial charge in [-0.1, -0.05) is 57.9 Å². The molecule has 3 aromatic heterocycles. The molecule has 2 aromatic carbocycles. The lowest BCUT2D eigenvalue weighted by molar-refractivity contribution is 0.244. The SMILES string of the molecule is Cc1ccc(-c2c3c(nc4sc5c6c(c(=O)[nH]c5c24)C(c2ccc(Br)cc2)NC(=O)N6C)CCC3)cc1. The Morgan fingerprint density at radius 2 is 1.81 bits per heavy atom. The molecule has 0 fully saturated rings. The maximum Gasteiger partial charge on any atom is 0.322 e. The summed E-state index contributed by atoms with van der Waals surface area (Å²) in [5, 5.41) is 3.99. The molecule has 6 nitrogen and oxygen atoms in total. The monoisotopic (exact) mass is 570 g/mol. The Kier molecular flexibility index (Phi) is 5.07. The minimum atomic E-state index is -0.542. The van der Waals surface area contributed by atoms with Gasteiger partial charge in [-0.2, -0.15) is 0 Å². The van der Waals surface area contributed by atoms with Crippen LogP contribution in [-0.2, 0) is 12.8 Å². The van der Waals surface area contributed by atoms with Crippen LogP contribution in [0.15, 0.2) is 57.8 Å². The highest BCUT2D eigenvalue weighted by Gasteiger charge is 2.35. The van der Waals surface area contributed by atoms with Crippen LogP contribution in [0.1, 0.15) is 40.4 Å². The van der Waals surface area contributed by atoms with Crippen LogP contribution in [0.4, 0.5) is 10.5 Å². The van der Waals surface area contributed by atoms with E-state index in [1.54, 1.807) is 23.3 Å². The van der Waals surface area contributed by atoms with Gasteiger partial charge in [0.15, 0.2) is 0 Å². The van der Waals surface area contributed by atoms with Gasteiger partial charge < -0.3 is 10.3 Å². The number of hydrogen-bond acceptors (Lipinski definition) is 4. The van der Waals surface area contributed by atoms with E-state index in [2.05, 4.69) is 57.4 Å². The van der Waals surface area contributed by atoms with Crippen LogP contribution in [-0.4, -0.2) is 23.0 Å². The van der Waals surface area contributed by atoms with Crippen molar-refractivity contribution in [1.82, 2.24) is 15.3 Å². The number of rotatable bonds is 2. The largest absolute Gasteiger partial charge is 0.326 e. The number of aromatic amines is 1. The van der Waals surface area contributed by atoms with Crippen molar-refractivity contribution in [2.75, 3.05) is 11.9 Å². The second kappa shape index (κ2) is 8.26. The zero-order chi connectivity index (χ0) is 25.4. The van der Waals surface area contributed by atoms with Crippen molar-refractivity contribution in [2.24, 2.45) is 0 Å². The van der Waals surface area contributed by atoms with E-state index in [4.69, 9.17) is 4.98 Å². The van der Waals surface area contributed by atoms with Gasteiger partial charge in [-0.05, 0) is 60.6 Å². The lowest BCUT2D eigenvalue weighted by atomic mass is 9.94. The summed E-state index contributed by atoms with van der Waals surface area (Å²) < 4.78 is 1.82. The molecule has 2 amide bonds. The number of aromatic nitrogens is 2. The highest BCUT2D eigenvalue weighted by Crippen LogP contribution is 2.47. The first-order valence-electron chi connectivity index (χ1n) is 12.3. The van der Waals surface area contributed by atoms with Gasteiger partial charge in [-0.3, -0.25) is 9.69 Å². The summed E-state index contributed by atoms with van der Waals surface area (Å²) in [6, 6.07) is 15.5. The number of carbonyl (C=O) groups excluding carboxylic acids is 1. The van der Waals surface area contributed by atoms with Gasteiger partial charge in [0.1, 0.15) is 4.83 Å². The number of hydrogen-bond donors (Lipinski definition) is 2. The number of benzene rings is 2. The molecule has 1 aliphatic carbocycles. The fraction of sp³-hybridized carbons (Fsp3) is 0.207. The number of thiophene rings is 1. The van der Waals surface area contributed by atoms with Crippen molar-refractivity contribution >= 4 is 59.4 Å². The summed E-state index contributed by atoms with van der Waals surface area (Å²) in [6.45, 7) is 2.09. The van der Waals surface area contributed by atoms with Crippen LogP contribution in [0.2, 0.25) is 0 Å². The highest BCUT2D eigenvalue weighted by molar-refractivity contribution is 9.10. The van der Waals surface area contributed by atoms with Crippen molar-refractivity contribution < 1.29 is 4.79 Å². The van der Waals surface area contributed by atoms with E-state index >= 15 is 0 Å². The van der Waals surface area contributed by atoms with Gasteiger partial charge in [-0.25, -0.2) is 9.78 Å². The Morgan fingerprint density at radius 1 is 1.05 bits per heavy atom. The van der Waals surface area contributed by atoms with E-state index in [-0.39, 0.29) is 11.6 Å². The molecule has 1 atom stereocenters. The lowest BCUT2D eigenvalue weighted by Crippen LogP contribution is -2.47. The van der Waals surface area contributed by atoms with Crippen molar-refractivity contribution in [3.05, 3.63) is 91.3 Å². The summed E-state index contributed by atoms with van der Waals surface area (Å²) in [6.07, 6.45) is 3.02. The van der Waals surface area contributed by atoms with Gasteiger partial charge in [0.05, 0.1) is 27.5 Å². The van der Waals surface area contributed by atoms with Crippen LogP contribution in [0.3, 0.4) is 0 Å². The second-order valence-electron chi connectivity index (χ2n) is 9.83. The van der Waals surface area contributed by atoms with E-state index in [9.17, 15) is 9.59 Å². The standard InChI is InChI=1S/C29H23BrN4O2S/c1-14-6-8-15(9-7-14)20-18-4-3-5-19(18)31-28-21(20)24-26(37-28)25-22(27(35)32-24)23(33-29(36)34(25)2)16-10-12-17(30)13-11-16/h6-13,23H,3-5H2,1-2H3,(H,32,35)(H,33,36). The first-order valence-corrected chi connectivity index (χ1v) is 13.9. The number of H-pyrrole nitrogens is 1. The Morgan fingerprint density at radius 3 is 2.57 bits per heavy atom. The van der Waals surface area contributed by atoms with E-state index < -0.39 is 6.04 Å². The predicted octanol–water partition coefficient (Wildman–Crippen LogP) is 6.61. The molecule has 1 unspecified atom stereocenters. The van der Waals surface area contributed by atoms with Crippen LogP contribution < -0.4 is 15.8 Å². The van der Waals surface area contributed by atoms with Crippen molar-refractivity contribution in [1.29, 1.82) is 0 Å². The molecule has 5 aromatic rings. The normalized spacial score (nSPS) is 16.8. The molecule has 0 saturated heterocycles. The molecule has 7 rings (SSSR count). The minimum absolute atomic E-state index is 0.197. The van der Waals surface area contributed by atoms with Gasteiger partial charge in [0.25, 0.3) is 5.56 Å². The summed E-state index contributed by atoms with van der Waals surface area (Å²) in [7, 11) is 1.73. The van der Waals surface area contributed by atoms with Crippen LogP contribution in [0.5, 0.6) is 0 Å². The number of urea groups is 1. The molecule has 4 heterocycles. The average Bonchev–Trinajstić information content (AvgIpc) is 3.50. The number of amides is 2. The molecule has 8 heteroatoms. The zero-order valence-electron chi connectivity index (χ0n) is 20.3. The van der Waals surface area contributed by atoms with Gasteiger partial charge in [-0.15, -0.1) is 11.3 Å². The summed E-state index contributed by atoms with van der Waals surface area (Å²) in [4.78, 5) is 37.7. The number of halogens is 1. The molecule has 37 heavy (non-hydrogen) atoms. The van der Waals surface area contributed by atoms with Crippen LogP contribution >= 0.6 is 27.3 Å². The topological polar surface area (TPSA) is 78.1 Å². The molecular formula is C29H23BrN4O2S. The molecule has 184 valence electrons. The van der Waals surface area contributed by atoms with Crippen molar-refractivity contribution in [2.45, 2.75) is 32.2 Å². The Labute approximate surface area is 225 Å². The molecular weight excluding hydrogens is 548 g/mol. The first kappa shape index (κ1) is 22.7. The van der Waals surface area contributed by atoms with Crippen LogP contribution in [0, 0.1) is 6.92 Å². The summed E-state index contributed by atoms with van der Waals surface area (Å²) >= 11 is 5.03. The summed E-state index contributed by atoms with van der Waals surface area (Å²) in [5.74, 6) is 0. The molecule has 1 aliphatic heterocycles. The van der Waals surface area contributed by atoms with Crippen LogP contribution in [0.25, 0.3) is 31.6 Å². The number of aryl methyl sites for hydroxylation is 2. The fourth-order valence-electron chi connectivity index (χ4n) is 5.76. The number of nitrogens with one attached hydrogen (secondary N) is 2. The number of anilines is 1. The number of carbonyl (C=O) groups is 1. The van der Waals surface area contributed by atoms with E-state index in [1.165, 1.54) is 11.1 Å². The van der Waals surface area contributed by atoms with Gasteiger partial charge >= 0.3 is 6.03 Å². The van der Waals surface area contributed by atoms with E-state index in [0.29, 0.717) is 11.3 Å². The molecule has 2 N–H and O–H groups in total. The third-order valence-corrected chi connectivity index (χ3v) is 9.18. The number of fused-ring (bicyclic) bond motifs is 6. The smallest absolute Gasteiger partial charge is 0.322 e. The second-order valence-corrected chi connectivity index (χ2v) is 11.7. The van der Waals surface area contributed by atoms with E-state index in [1.807, 2.05) is 24.3 Å². The first-order chi connectivity index (χ1) is 17.9. The highest BCUT2D eigenvalue weighted by atomic mass is 79.9. The zero-order valence-corrected chi connectivity index (χ0v) is 22.7. The molecule has 2 aliphatic rings. The lowest BCUT2D eigenvalue weighted by Gasteiger charge is -2.32. The quantitative estimate of drug-likeness (QED) is 0.250. The molecule has 0 saturated carbocycles. The molecule has 0 bridgehead atoms. The Balaban J connectivity index is 1.57. The fourth-order valence-corrected chi connectivity index (χ4v) is 7.28. The maximum absolute atomic E-state index is 13.8. The van der Waals surface area contributed by atoms with Gasteiger partial charge in [0.2, 0.25) is 0 Å². The average molecular weight is 572 g/mol. The predicted molar refractivity (Wildman–Crippen MR) is 153 cm³/mol. The van der Waals surface area contributed by atoms with Crippen molar-refractivity contribution in [3.8, 4) is 11.1 Å². The Bertz CT molecular complexity index is 1810. The number of pyridine rings is 2.